The van der Waals surface area contributed by atoms with Crippen LogP contribution in [0.1, 0.15) is 49.7 Å². The number of sulfonamides is 1. The Bertz CT molecular complexity index is 1480. The van der Waals surface area contributed by atoms with Crippen LogP contribution in [0.5, 0.6) is 0 Å². The number of benzene rings is 3. The van der Waals surface area contributed by atoms with Gasteiger partial charge in [-0.1, -0.05) is 68.4 Å². The number of para-hydroxylation sites is 1. The van der Waals surface area contributed by atoms with E-state index in [2.05, 4.69) is 43.1 Å². The van der Waals surface area contributed by atoms with E-state index >= 15 is 0 Å². The zero-order valence-electron chi connectivity index (χ0n) is 22.2. The van der Waals surface area contributed by atoms with Gasteiger partial charge in [-0.2, -0.15) is 4.31 Å². The Balaban J connectivity index is 1.30. The summed E-state index contributed by atoms with van der Waals surface area (Å²) in [5.41, 5.74) is 3.21. The molecule has 0 unspecified atom stereocenters. The molecule has 0 bridgehead atoms. The van der Waals surface area contributed by atoms with Gasteiger partial charge < -0.3 is 5.32 Å². The molecule has 0 aliphatic carbocycles. The van der Waals surface area contributed by atoms with Crippen molar-refractivity contribution < 1.29 is 8.42 Å². The maximum atomic E-state index is 13.3. The highest BCUT2D eigenvalue weighted by molar-refractivity contribution is 7.89. The average molecular weight is 530 g/mol. The van der Waals surface area contributed by atoms with E-state index in [1.54, 1.807) is 16.4 Å². The Labute approximate surface area is 225 Å². The lowest BCUT2D eigenvalue weighted by Gasteiger charge is -2.37. The van der Waals surface area contributed by atoms with Gasteiger partial charge in [0.25, 0.3) is 0 Å². The summed E-state index contributed by atoms with van der Waals surface area (Å²) in [5.74, 6) is 1.91. The predicted molar refractivity (Wildman–Crippen MR) is 153 cm³/mol. The molecule has 1 aromatic heterocycles. The molecule has 3 aromatic carbocycles. The molecule has 0 spiro atoms. The Kier molecular flexibility index (Phi) is 7.74. The summed E-state index contributed by atoms with van der Waals surface area (Å²) in [4.78, 5) is 12.4. The molecule has 0 amide bonds. The van der Waals surface area contributed by atoms with Crippen molar-refractivity contribution in [2.45, 2.75) is 44.2 Å². The maximum Gasteiger partial charge on any atom is 0.243 e. The molecule has 2 heterocycles. The van der Waals surface area contributed by atoms with Crippen LogP contribution in [0.3, 0.4) is 0 Å². The minimum absolute atomic E-state index is 0.0490. The topological polar surface area (TPSA) is 78.4 Å². The zero-order valence-corrected chi connectivity index (χ0v) is 23.0. The number of nitrogens with one attached hydrogen (secondary N) is 1. The van der Waals surface area contributed by atoms with Crippen LogP contribution in [0.2, 0.25) is 0 Å². The fourth-order valence-electron chi connectivity index (χ4n) is 4.87. The predicted octanol–water partition coefficient (Wildman–Crippen LogP) is 5.43. The van der Waals surface area contributed by atoms with Gasteiger partial charge in [0, 0.05) is 38.1 Å². The van der Waals surface area contributed by atoms with Gasteiger partial charge in [-0.25, -0.2) is 18.4 Å². The first kappa shape index (κ1) is 26.3. The van der Waals surface area contributed by atoms with Crippen molar-refractivity contribution in [3.8, 4) is 0 Å². The van der Waals surface area contributed by atoms with E-state index in [0.717, 1.165) is 28.1 Å². The van der Waals surface area contributed by atoms with E-state index in [9.17, 15) is 8.42 Å². The summed E-state index contributed by atoms with van der Waals surface area (Å²) in [6.45, 7) is 9.08. The van der Waals surface area contributed by atoms with Crippen LogP contribution in [-0.4, -0.2) is 53.8 Å². The third kappa shape index (κ3) is 5.57. The number of rotatable bonds is 8. The standard InChI is InChI=1S/C30H35N5O2S/c1-22(2)25-13-15-26(16-14-25)38(36,37)35-19-17-34(18-20-35)23(3)29-32-28-12-8-7-11-27(28)30(33-29)31-21-24-9-5-4-6-10-24/h4-16,22-23H,17-21H2,1-3H3,(H,31,32,33)/t23-/m0/s1. The molecule has 1 aliphatic rings. The van der Waals surface area contributed by atoms with Crippen LogP contribution < -0.4 is 5.32 Å². The molecule has 0 saturated carbocycles. The molecule has 1 fully saturated rings. The molecule has 198 valence electrons. The highest BCUT2D eigenvalue weighted by Gasteiger charge is 2.31. The molecule has 1 aliphatic heterocycles. The number of hydrogen-bond donors (Lipinski definition) is 1. The fourth-order valence-corrected chi connectivity index (χ4v) is 6.29. The normalized spacial score (nSPS) is 16.1. The van der Waals surface area contributed by atoms with Crippen LogP contribution in [0.15, 0.2) is 83.8 Å². The molecular formula is C30H35N5O2S. The van der Waals surface area contributed by atoms with Gasteiger partial charge >= 0.3 is 0 Å². The summed E-state index contributed by atoms with van der Waals surface area (Å²) in [6.07, 6.45) is 0. The lowest BCUT2D eigenvalue weighted by atomic mass is 10.0. The van der Waals surface area contributed by atoms with Crippen molar-refractivity contribution in [1.29, 1.82) is 0 Å². The molecule has 1 saturated heterocycles. The monoisotopic (exact) mass is 529 g/mol. The Morgan fingerprint density at radius 1 is 0.816 bits per heavy atom. The minimum atomic E-state index is -3.52. The van der Waals surface area contributed by atoms with E-state index in [4.69, 9.17) is 9.97 Å². The molecule has 1 atom stereocenters. The van der Waals surface area contributed by atoms with Crippen LogP contribution in [0, 0.1) is 0 Å². The molecule has 38 heavy (non-hydrogen) atoms. The molecule has 0 radical (unpaired) electrons. The number of hydrogen-bond acceptors (Lipinski definition) is 6. The van der Waals surface area contributed by atoms with Crippen molar-refractivity contribution in [2.24, 2.45) is 0 Å². The zero-order chi connectivity index (χ0) is 26.7. The van der Waals surface area contributed by atoms with Crippen molar-refractivity contribution in [1.82, 2.24) is 19.2 Å². The second kappa shape index (κ2) is 11.2. The average Bonchev–Trinajstić information content (AvgIpc) is 2.96. The molecule has 8 heteroatoms. The van der Waals surface area contributed by atoms with Gasteiger partial charge in [0.2, 0.25) is 10.0 Å². The van der Waals surface area contributed by atoms with Gasteiger partial charge in [0.05, 0.1) is 16.5 Å². The number of aromatic nitrogens is 2. The number of anilines is 1. The van der Waals surface area contributed by atoms with E-state index in [1.807, 2.05) is 54.6 Å². The third-order valence-corrected chi connectivity index (χ3v) is 9.22. The Morgan fingerprint density at radius 3 is 2.16 bits per heavy atom. The molecular weight excluding hydrogens is 494 g/mol. The first-order chi connectivity index (χ1) is 18.3. The van der Waals surface area contributed by atoms with Gasteiger partial charge in [-0.05, 0) is 48.2 Å². The summed E-state index contributed by atoms with van der Waals surface area (Å²) in [6, 6.07) is 25.5. The van der Waals surface area contributed by atoms with Crippen molar-refractivity contribution >= 4 is 26.7 Å². The fraction of sp³-hybridized carbons (Fsp3) is 0.333. The molecule has 4 aromatic rings. The molecule has 5 rings (SSSR count). The smallest absolute Gasteiger partial charge is 0.243 e. The third-order valence-electron chi connectivity index (χ3n) is 7.30. The van der Waals surface area contributed by atoms with Gasteiger partial charge in [-0.3, -0.25) is 4.90 Å². The van der Waals surface area contributed by atoms with Crippen LogP contribution in [-0.2, 0) is 16.6 Å². The summed E-state index contributed by atoms with van der Waals surface area (Å²) in [5, 5.41) is 4.49. The summed E-state index contributed by atoms with van der Waals surface area (Å²) in [7, 11) is -3.52. The lowest BCUT2D eigenvalue weighted by Crippen LogP contribution is -2.49. The van der Waals surface area contributed by atoms with Crippen LogP contribution >= 0.6 is 0 Å². The van der Waals surface area contributed by atoms with Crippen molar-refractivity contribution in [3.05, 3.63) is 95.8 Å². The Hall–Kier alpha value is -3.33. The lowest BCUT2D eigenvalue weighted by molar-refractivity contribution is 0.141. The molecule has 7 nitrogen and oxygen atoms in total. The van der Waals surface area contributed by atoms with Crippen molar-refractivity contribution in [3.63, 3.8) is 0 Å². The second-order valence-corrected chi connectivity index (χ2v) is 12.1. The minimum Gasteiger partial charge on any atom is -0.365 e. The molecule has 1 N–H and O–H groups in total. The number of nitrogens with zero attached hydrogens (tertiary/aromatic N) is 4. The first-order valence-electron chi connectivity index (χ1n) is 13.2. The van der Waals surface area contributed by atoms with E-state index in [1.165, 1.54) is 5.56 Å². The van der Waals surface area contributed by atoms with Gasteiger partial charge in [-0.15, -0.1) is 0 Å². The van der Waals surface area contributed by atoms with E-state index in [-0.39, 0.29) is 6.04 Å². The van der Waals surface area contributed by atoms with E-state index < -0.39 is 10.0 Å². The first-order valence-corrected chi connectivity index (χ1v) is 14.7. The van der Waals surface area contributed by atoms with E-state index in [0.29, 0.717) is 43.5 Å². The van der Waals surface area contributed by atoms with Crippen LogP contribution in [0.4, 0.5) is 5.82 Å². The number of piperazine rings is 1. The highest BCUT2D eigenvalue weighted by Crippen LogP contribution is 2.27. The SMILES string of the molecule is CC(C)c1ccc(S(=O)(=O)N2CCN([C@@H](C)c3nc(NCc4ccccc4)c4ccccc4n3)CC2)cc1. The van der Waals surface area contributed by atoms with Gasteiger partial charge in [0.15, 0.2) is 0 Å². The maximum absolute atomic E-state index is 13.3. The van der Waals surface area contributed by atoms with Crippen molar-refractivity contribution in [2.75, 3.05) is 31.5 Å². The Morgan fingerprint density at radius 2 is 1.47 bits per heavy atom. The highest BCUT2D eigenvalue weighted by atomic mass is 32.2. The van der Waals surface area contributed by atoms with Crippen LogP contribution in [0.25, 0.3) is 10.9 Å². The number of fused-ring (bicyclic) bond motifs is 1. The summed E-state index contributed by atoms with van der Waals surface area (Å²) < 4.78 is 28.1. The largest absolute Gasteiger partial charge is 0.365 e. The second-order valence-electron chi connectivity index (χ2n) is 10.1. The summed E-state index contributed by atoms with van der Waals surface area (Å²) >= 11 is 0. The quantitative estimate of drug-likeness (QED) is 0.328. The van der Waals surface area contributed by atoms with Gasteiger partial charge in [0.1, 0.15) is 11.6 Å².